The molecule has 0 aliphatic rings. The van der Waals surface area contributed by atoms with E-state index in [1.54, 1.807) is 41.5 Å². The second kappa shape index (κ2) is 32.4. The van der Waals surface area contributed by atoms with Crippen molar-refractivity contribution in [3.8, 4) is 0 Å². The van der Waals surface area contributed by atoms with Crippen LogP contribution < -0.4 is 0 Å². The molecule has 0 aliphatic heterocycles. The summed E-state index contributed by atoms with van der Waals surface area (Å²) in [5, 5.41) is 30.9. The van der Waals surface area contributed by atoms with Crippen LogP contribution in [0.15, 0.2) is 0 Å². The van der Waals surface area contributed by atoms with Gasteiger partial charge in [0.1, 0.15) is 11.6 Å². The minimum atomic E-state index is -1.82. The topological polar surface area (TPSA) is 202 Å². The Morgan fingerprint density at radius 1 is 0.697 bits per heavy atom. The quantitative estimate of drug-likeness (QED) is 0.147. The molecule has 2 unspecified atom stereocenters. The van der Waals surface area contributed by atoms with Gasteiger partial charge in [-0.25, -0.2) is 22.2 Å². The Bertz CT molecular complexity index is 470. The largest absolute Gasteiger partial charge is 2.00 e. The first-order valence-electron chi connectivity index (χ1n) is 9.37. The molecule has 0 aromatic rings. The first kappa shape index (κ1) is 44.8. The van der Waals surface area contributed by atoms with Gasteiger partial charge < -0.3 is 39.5 Å². The van der Waals surface area contributed by atoms with Gasteiger partial charge in [-0.3, -0.25) is 9.59 Å². The molecule has 13 heteroatoms. The van der Waals surface area contributed by atoms with E-state index in [1.165, 1.54) is 26.4 Å². The van der Waals surface area contributed by atoms with Gasteiger partial charge in [-0.15, -0.1) is 0 Å². The van der Waals surface area contributed by atoms with Gasteiger partial charge in [0, 0.05) is 37.6 Å². The van der Waals surface area contributed by atoms with Gasteiger partial charge >= 0.3 is 33.7 Å². The summed E-state index contributed by atoms with van der Waals surface area (Å²) in [4.78, 5) is 58.7. The molecule has 0 saturated heterocycles. The van der Waals surface area contributed by atoms with Crippen LogP contribution in [-0.4, -0.2) is 94.1 Å². The molecule has 33 heavy (non-hydrogen) atoms. The maximum absolute atomic E-state index is 10.4. The number of carboxylic acid groups (broad SMARTS) is 2. The molecule has 0 heterocycles. The zero-order valence-electron chi connectivity index (χ0n) is 20.3. The van der Waals surface area contributed by atoms with Gasteiger partial charge in [-0.1, -0.05) is 0 Å². The maximum Gasteiger partial charge on any atom is 2.00 e. The van der Waals surface area contributed by atoms with Crippen molar-refractivity contribution >= 4 is 36.1 Å². The fraction of sp³-hybridized carbons (Fsp3) is 0.700. The fourth-order valence-electron chi connectivity index (χ4n) is 0.802. The summed E-state index contributed by atoms with van der Waals surface area (Å²) in [6, 6.07) is 0. The molecule has 0 aromatic carbocycles. The summed E-state index contributed by atoms with van der Waals surface area (Å²) >= 11 is 0. The van der Waals surface area contributed by atoms with Gasteiger partial charge in [0.2, 0.25) is 0 Å². The van der Waals surface area contributed by atoms with Crippen molar-refractivity contribution in [1.82, 2.24) is 0 Å². The van der Waals surface area contributed by atoms with E-state index < -0.39 is 24.1 Å². The van der Waals surface area contributed by atoms with E-state index >= 15 is 0 Å². The van der Waals surface area contributed by atoms with E-state index in [0.29, 0.717) is 13.2 Å². The smallest absolute Gasteiger partial charge is 0.539 e. The van der Waals surface area contributed by atoms with Crippen LogP contribution in [0.3, 0.4) is 0 Å². The molecular weight excluding hydrogens is 480 g/mol. The third-order valence-electron chi connectivity index (χ3n) is 1.80. The van der Waals surface area contributed by atoms with Crippen LogP contribution in [0.2, 0.25) is 0 Å². The maximum atomic E-state index is 10.4. The average Bonchev–Trinajstić information content (AvgIpc) is 2.63. The predicted molar refractivity (Wildman–Crippen MR) is 114 cm³/mol. The summed E-state index contributed by atoms with van der Waals surface area (Å²) < 4.78 is 9.36. The van der Waals surface area contributed by atoms with Crippen LogP contribution in [0.1, 0.15) is 55.4 Å². The van der Waals surface area contributed by atoms with Crippen molar-refractivity contribution < 1.29 is 80.4 Å². The number of rotatable bonds is 8. The summed E-state index contributed by atoms with van der Waals surface area (Å²) in [5.74, 6) is -4.25. The fourth-order valence-corrected chi connectivity index (χ4v) is 0.802. The van der Waals surface area contributed by atoms with Crippen LogP contribution in [0.5, 0.6) is 0 Å². The molecule has 0 spiro atoms. The Labute approximate surface area is 209 Å². The number of Topliss-reactive ketones (excluding diaryl/α,β-unsaturated/α-hetero) is 2. The van der Waals surface area contributed by atoms with Crippen LogP contribution in [0.4, 0.5) is 0 Å². The number of aliphatic hydroxyl groups is 2. The SMILES string of the molecule is CC(C)O.CC(C)O.CCOC([C-]=O)C(C)=O.CCOC([C-]=O)C(C)=O.O=C(O)C(=O)O.[Ti+2]. The molecule has 0 radical (unpaired) electrons. The zero-order valence-corrected chi connectivity index (χ0v) is 21.8. The van der Waals surface area contributed by atoms with Crippen molar-refractivity contribution in [2.45, 2.75) is 79.8 Å². The molecular formula is C20H36O12Ti. The molecule has 0 rings (SSSR count). The number of ether oxygens (including phenoxy) is 2. The number of ketones is 2. The molecule has 0 saturated carbocycles. The second-order valence-corrected chi connectivity index (χ2v) is 5.93. The van der Waals surface area contributed by atoms with Crippen LogP contribution >= 0.6 is 0 Å². The van der Waals surface area contributed by atoms with Gasteiger partial charge in [-0.05, 0) is 55.4 Å². The van der Waals surface area contributed by atoms with E-state index in [4.69, 9.17) is 30.0 Å². The first-order chi connectivity index (χ1) is 14.5. The van der Waals surface area contributed by atoms with Gasteiger partial charge in [0.15, 0.2) is 0 Å². The van der Waals surface area contributed by atoms with Crippen LogP contribution in [0, 0.1) is 0 Å². The summed E-state index contributed by atoms with van der Waals surface area (Å²) in [6.07, 6.45) is 0.674. The van der Waals surface area contributed by atoms with E-state index in [0.717, 1.165) is 0 Å². The van der Waals surface area contributed by atoms with Crippen molar-refractivity contribution in [3.63, 3.8) is 0 Å². The number of carbonyl (C=O) groups excluding carboxylic acids is 4. The summed E-state index contributed by atoms with van der Waals surface area (Å²) in [5.41, 5.74) is 0. The van der Waals surface area contributed by atoms with Crippen molar-refractivity contribution in [2.24, 2.45) is 0 Å². The minimum Gasteiger partial charge on any atom is -0.539 e. The normalized spacial score (nSPS) is 10.4. The third kappa shape index (κ3) is 58.9. The predicted octanol–water partition coefficient (Wildman–Crippen LogP) is 0.108. The molecule has 12 nitrogen and oxygen atoms in total. The number of carboxylic acids is 2. The van der Waals surface area contributed by atoms with E-state index in [9.17, 15) is 19.2 Å². The van der Waals surface area contributed by atoms with Gasteiger partial charge in [-0.2, -0.15) is 0 Å². The van der Waals surface area contributed by atoms with E-state index in [-0.39, 0.29) is 45.5 Å². The average molecular weight is 516 g/mol. The van der Waals surface area contributed by atoms with Crippen molar-refractivity contribution in [3.05, 3.63) is 0 Å². The van der Waals surface area contributed by atoms with Gasteiger partial charge in [0.25, 0.3) is 0 Å². The number of carbonyl (C=O) groups is 4. The molecule has 4 N–H and O–H groups in total. The Balaban J connectivity index is -0.0000000715. The number of hydrogen-bond acceptors (Lipinski definition) is 10. The van der Waals surface area contributed by atoms with Crippen molar-refractivity contribution in [1.29, 1.82) is 0 Å². The Kier molecular flexibility index (Phi) is 43.9. The minimum absolute atomic E-state index is 0. The number of aliphatic hydroxyl groups excluding tert-OH is 2. The Morgan fingerprint density at radius 2 is 0.879 bits per heavy atom. The molecule has 0 aromatic heterocycles. The first-order valence-corrected chi connectivity index (χ1v) is 9.37. The summed E-state index contributed by atoms with van der Waals surface area (Å²) in [7, 11) is 0. The molecule has 0 bridgehead atoms. The molecule has 0 amide bonds. The van der Waals surface area contributed by atoms with E-state index in [1.807, 2.05) is 0 Å². The molecule has 0 aliphatic carbocycles. The second-order valence-electron chi connectivity index (χ2n) is 5.93. The number of aliphatic carboxylic acids is 2. The third-order valence-corrected chi connectivity index (χ3v) is 1.80. The van der Waals surface area contributed by atoms with E-state index in [2.05, 4.69) is 9.47 Å². The van der Waals surface area contributed by atoms with Crippen molar-refractivity contribution in [2.75, 3.05) is 13.2 Å². The summed E-state index contributed by atoms with van der Waals surface area (Å²) in [6.45, 7) is 13.6. The van der Waals surface area contributed by atoms with Crippen LogP contribution in [-0.2, 0) is 60.0 Å². The Hall–Kier alpha value is -1.83. The molecule has 2 atom stereocenters. The standard InChI is InChI=1S/2C6H9O3.2C3H8O.C2H2O4.Ti/c2*1-3-9-6(4-7)5(2)8;2*1-3(2)4;3-1(4)2(5)6;/h2*6H,3H2,1-2H3;2*3-4H,1-2H3;(H,3,4)(H,5,6);/q2*-1;;;;+2. The number of hydrogen-bond donors (Lipinski definition) is 4. The van der Waals surface area contributed by atoms with Gasteiger partial charge in [0.05, 0.1) is 0 Å². The monoisotopic (exact) mass is 516 g/mol. The molecule has 0 fully saturated rings. The van der Waals surface area contributed by atoms with Crippen LogP contribution in [0.25, 0.3) is 0 Å². The zero-order chi connectivity index (χ0) is 26.9. The Morgan fingerprint density at radius 3 is 0.909 bits per heavy atom. The molecule has 192 valence electrons.